The lowest BCUT2D eigenvalue weighted by Crippen LogP contribution is -2.68. The van der Waals surface area contributed by atoms with Crippen molar-refractivity contribution in [2.45, 2.75) is 197 Å². The Hall–Kier alpha value is -9.07. The molecule has 3 aliphatic heterocycles. The molecule has 0 unspecified atom stereocenters. The molecule has 26 nitrogen and oxygen atoms in total. The normalized spacial score (nSPS) is 26.2. The van der Waals surface area contributed by atoms with Crippen molar-refractivity contribution in [2.75, 3.05) is 103 Å². The predicted molar refractivity (Wildman–Crippen MR) is 384 cm³/mol. The zero-order valence-electron chi connectivity index (χ0n) is 63.3. The highest BCUT2D eigenvalue weighted by Gasteiger charge is 2.56. The van der Waals surface area contributed by atoms with Gasteiger partial charge >= 0.3 is 6.18 Å². The molecule has 7 rings (SSSR count). The standard InChI is InChI=1S/C76H107F3N12O14/c1-16-25-55-66(95)81-64(48(5)17-2)72(101)84(9)46-63(94)86(11)56-28-20-19-23-39-90(71(56)100)58(40-49-31-29-47(4)30-32-49)69(98)83(8)45-61(92)80-54(36-34-50-33-35-53(76(77,78)79)60(41-50)104-15)67(96)91-44-52(105-18-3)42-59(91)70(99)89(14)75(37-24-38-75)74(103)88(13)65(51-26-21-22-27-51)73(102)87(12)57(68(97)82(6)7)43-62(93)85(55)10/h1,19-20,29-33,35,41,48,51-52,54-59,64-65H,17-18,21-28,34,36-40,42-46H2,2-15H3,(H,80,92)(H,81,95)/b20-19-/t48-,52+,54-,55-,56-,57-,58-,59-,64-,65-/m0/s1. The number of methoxy groups -OCH3 is 1. The summed E-state index contributed by atoms with van der Waals surface area (Å²) >= 11 is 0. The van der Waals surface area contributed by atoms with Crippen molar-refractivity contribution >= 4 is 70.9 Å². The molecule has 0 radical (unpaired) electrons. The zero-order chi connectivity index (χ0) is 77.7. The van der Waals surface area contributed by atoms with Crippen molar-refractivity contribution in [1.29, 1.82) is 0 Å². The van der Waals surface area contributed by atoms with Crippen molar-refractivity contribution in [2.24, 2.45) is 11.8 Å². The summed E-state index contributed by atoms with van der Waals surface area (Å²) in [5, 5.41) is 5.58. The van der Waals surface area contributed by atoms with Crippen LogP contribution < -0.4 is 15.4 Å². The molecule has 576 valence electrons. The maximum atomic E-state index is 15.7. The number of nitrogens with zero attached hydrogens (tertiary/aromatic N) is 10. The van der Waals surface area contributed by atoms with E-state index in [1.165, 1.54) is 105 Å². The van der Waals surface area contributed by atoms with Crippen LogP contribution in [0.3, 0.4) is 0 Å². The van der Waals surface area contributed by atoms with Gasteiger partial charge in [-0.25, -0.2) is 0 Å². The summed E-state index contributed by atoms with van der Waals surface area (Å²) in [5.41, 5.74) is -0.800. The highest BCUT2D eigenvalue weighted by molar-refractivity contribution is 6.01. The van der Waals surface area contributed by atoms with Crippen LogP contribution in [0.25, 0.3) is 0 Å². The van der Waals surface area contributed by atoms with E-state index in [9.17, 15) is 41.9 Å². The van der Waals surface area contributed by atoms with Gasteiger partial charge in [0.2, 0.25) is 70.9 Å². The maximum absolute atomic E-state index is 15.7. The molecule has 2 aromatic carbocycles. The largest absolute Gasteiger partial charge is 0.496 e. The van der Waals surface area contributed by atoms with Gasteiger partial charge in [0.25, 0.3) is 0 Å². The van der Waals surface area contributed by atoms with E-state index in [0.29, 0.717) is 44.1 Å². The number of amides is 12. The van der Waals surface area contributed by atoms with Crippen LogP contribution in [0.1, 0.15) is 133 Å². The van der Waals surface area contributed by atoms with Gasteiger partial charge in [0, 0.05) is 102 Å². The van der Waals surface area contributed by atoms with Crippen LogP contribution in [-0.2, 0) is 81.3 Å². The SMILES string of the molecule is C#CC[C@H]1C(=O)N[C@@H]([C@@H](C)CC)C(=O)N(C)CC(=O)N(C)[C@H]2C/C=C\CCN(C2=O)[C@@H](Cc2ccc(C)cc2)C(=O)N(C)CC(=O)N[C@@H](CCc2ccc(C(F)(F)F)c(OC)c2)C(=O)N2C[C@H](OCC)C[C@H]2C(=O)N(C)C2(CCC2)C(=O)N(C)[C@@H](C2CCCC2)C(=O)N(C)[C@H](C(=O)N(C)C)CC(=O)N1C. The zero-order valence-corrected chi connectivity index (χ0v) is 63.3. The van der Waals surface area contributed by atoms with Crippen molar-refractivity contribution in [3.8, 4) is 18.1 Å². The van der Waals surface area contributed by atoms with Crippen LogP contribution in [0.15, 0.2) is 54.6 Å². The highest BCUT2D eigenvalue weighted by atomic mass is 19.4. The average Bonchev–Trinajstić information content (AvgIpc) is 1.73. The van der Waals surface area contributed by atoms with Crippen LogP contribution in [0.4, 0.5) is 13.2 Å². The fraction of sp³-hybridized carbons (Fsp3) is 0.632. The Morgan fingerprint density at radius 1 is 0.733 bits per heavy atom. The summed E-state index contributed by atoms with van der Waals surface area (Å²) < 4.78 is 53.8. The Kier molecular flexibility index (Phi) is 28.8. The van der Waals surface area contributed by atoms with Crippen molar-refractivity contribution in [3.63, 3.8) is 0 Å². The van der Waals surface area contributed by atoms with Crippen molar-refractivity contribution in [3.05, 3.63) is 76.9 Å². The molecule has 2 aliphatic carbocycles. The van der Waals surface area contributed by atoms with Gasteiger partial charge in [-0.3, -0.25) is 57.5 Å². The first-order chi connectivity index (χ1) is 49.6. The predicted octanol–water partition coefficient (Wildman–Crippen LogP) is 4.08. The third-order valence-electron chi connectivity index (χ3n) is 21.9. The first-order valence-electron chi connectivity index (χ1n) is 36.3. The molecule has 12 amide bonds. The monoisotopic (exact) mass is 1470 g/mol. The second kappa shape index (κ2) is 36.3. The number of likely N-dealkylation sites (N-methyl/N-ethyl adjacent to an activating group) is 8. The van der Waals surface area contributed by atoms with Gasteiger partial charge in [0.1, 0.15) is 59.6 Å². The summed E-state index contributed by atoms with van der Waals surface area (Å²) in [7, 11) is 13.7. The average molecular weight is 1470 g/mol. The van der Waals surface area contributed by atoms with Gasteiger partial charge in [-0.2, -0.15) is 13.2 Å². The molecular formula is C76H107F3N12O14. The molecule has 29 heteroatoms. The number of alkyl halides is 3. The Morgan fingerprint density at radius 2 is 1.38 bits per heavy atom. The second-order valence-corrected chi connectivity index (χ2v) is 29.0. The number of terminal acetylenes is 1. The third-order valence-corrected chi connectivity index (χ3v) is 21.9. The van der Waals surface area contributed by atoms with Gasteiger partial charge in [0.15, 0.2) is 0 Å². The van der Waals surface area contributed by atoms with Gasteiger partial charge in [-0.1, -0.05) is 81.2 Å². The van der Waals surface area contributed by atoms with E-state index >= 15 is 28.8 Å². The van der Waals surface area contributed by atoms with E-state index in [0.717, 1.165) is 38.3 Å². The molecule has 2 saturated heterocycles. The van der Waals surface area contributed by atoms with Gasteiger partial charge in [0.05, 0.1) is 38.3 Å². The molecule has 5 aliphatic rings. The Bertz CT molecular complexity index is 3590. The molecule has 105 heavy (non-hydrogen) atoms. The summed E-state index contributed by atoms with van der Waals surface area (Å²) in [6.07, 6.45) is 6.12. The molecule has 0 aromatic heterocycles. The minimum atomic E-state index is -4.78. The number of carbonyl (C=O) groups is 12. The summed E-state index contributed by atoms with van der Waals surface area (Å²) in [5.74, 6) is -7.71. The number of aryl methyl sites for hydroxylation is 2. The topological polar surface area (TPSA) is 280 Å². The number of fused-ring (bicyclic) bond motifs is 3. The van der Waals surface area contributed by atoms with E-state index in [-0.39, 0.29) is 83.0 Å². The molecule has 2 bridgehead atoms. The number of nitrogens with one attached hydrogen (secondary N) is 2. The molecule has 2 aromatic rings. The van der Waals surface area contributed by atoms with Crippen LogP contribution in [-0.4, -0.2) is 283 Å². The number of ether oxygens (including phenoxy) is 2. The molecule has 2 saturated carbocycles. The number of halogens is 3. The highest BCUT2D eigenvalue weighted by Crippen LogP contribution is 2.43. The number of benzene rings is 2. The molecule has 3 heterocycles. The van der Waals surface area contributed by atoms with Gasteiger partial charge < -0.3 is 69.1 Å². The van der Waals surface area contributed by atoms with E-state index in [1.54, 1.807) is 39.0 Å². The van der Waals surface area contributed by atoms with Gasteiger partial charge in [-0.15, -0.1) is 12.3 Å². The number of hydrogen-bond acceptors (Lipinski definition) is 14. The summed E-state index contributed by atoms with van der Waals surface area (Å²) in [6.45, 7) is 5.76. The number of rotatable bonds is 13. The maximum Gasteiger partial charge on any atom is 0.419 e. The lowest BCUT2D eigenvalue weighted by Gasteiger charge is -2.51. The molecule has 2 N–H and O–H groups in total. The minimum absolute atomic E-state index is 0.0129. The molecule has 4 fully saturated rings. The van der Waals surface area contributed by atoms with Crippen LogP contribution >= 0.6 is 0 Å². The summed E-state index contributed by atoms with van der Waals surface area (Å²) in [6, 6.07) is -0.385. The van der Waals surface area contributed by atoms with Gasteiger partial charge in [-0.05, 0) is 107 Å². The van der Waals surface area contributed by atoms with Crippen LogP contribution in [0, 0.1) is 31.1 Å². The fourth-order valence-corrected chi connectivity index (χ4v) is 15.0. The Morgan fingerprint density at radius 3 is 1.97 bits per heavy atom. The first kappa shape index (κ1) is 83.2. The van der Waals surface area contributed by atoms with E-state index in [4.69, 9.17) is 15.9 Å². The quantitative estimate of drug-likeness (QED) is 0.211. The number of hydrogen-bond donors (Lipinski definition) is 2. The first-order valence-corrected chi connectivity index (χ1v) is 36.3. The van der Waals surface area contributed by atoms with Crippen molar-refractivity contribution in [1.82, 2.24) is 59.6 Å². The van der Waals surface area contributed by atoms with Crippen LogP contribution in [0.5, 0.6) is 5.75 Å². The fourth-order valence-electron chi connectivity index (χ4n) is 15.0. The van der Waals surface area contributed by atoms with E-state index in [2.05, 4.69) is 16.6 Å². The minimum Gasteiger partial charge on any atom is -0.496 e. The van der Waals surface area contributed by atoms with E-state index < -0.39 is 180 Å². The second-order valence-electron chi connectivity index (χ2n) is 29.0. The number of carbonyl (C=O) groups excluding carboxylic acids is 12. The third kappa shape index (κ3) is 19.3. The van der Waals surface area contributed by atoms with Crippen molar-refractivity contribution < 1.29 is 80.2 Å². The Labute approximate surface area is 614 Å². The molecule has 1 spiro atoms. The van der Waals surface area contributed by atoms with E-state index in [1.807, 2.05) is 25.1 Å². The lowest BCUT2D eigenvalue weighted by molar-refractivity contribution is -0.166. The Balaban J connectivity index is 1.35. The van der Waals surface area contributed by atoms with Crippen LogP contribution in [0.2, 0.25) is 0 Å². The molecular weight excluding hydrogens is 1360 g/mol. The molecule has 10 atom stereocenters. The smallest absolute Gasteiger partial charge is 0.419 e. The summed E-state index contributed by atoms with van der Waals surface area (Å²) in [4.78, 5) is 193. The lowest BCUT2D eigenvalue weighted by atomic mass is 9.73.